The molecule has 1 unspecified atom stereocenters. The van der Waals surface area contributed by atoms with E-state index >= 15 is 0 Å². The van der Waals surface area contributed by atoms with E-state index in [1.165, 1.54) is 0 Å². The Bertz CT molecular complexity index is 318. The van der Waals surface area contributed by atoms with E-state index in [1.807, 2.05) is 0 Å². The van der Waals surface area contributed by atoms with Crippen molar-refractivity contribution in [2.24, 2.45) is 35.3 Å². The van der Waals surface area contributed by atoms with Crippen LogP contribution in [-0.4, -0.2) is 23.5 Å². The average molecular weight is 247 g/mol. The molecular weight excluding hydrogens is 228 g/mol. The van der Waals surface area contributed by atoms with E-state index in [0.29, 0.717) is 24.3 Å². The van der Waals surface area contributed by atoms with Crippen LogP contribution in [0.2, 0.25) is 0 Å². The lowest BCUT2D eigenvalue weighted by molar-refractivity contribution is -0.134. The van der Waals surface area contributed by atoms with Crippen molar-refractivity contribution in [3.63, 3.8) is 0 Å². The molecule has 3 aliphatic rings. The first kappa shape index (κ1) is 12.7. The highest BCUT2D eigenvalue weighted by Crippen LogP contribution is 2.68. The monoisotopic (exact) mass is 247 g/mol. The van der Waals surface area contributed by atoms with Gasteiger partial charge in [-0.1, -0.05) is 0 Å². The van der Waals surface area contributed by atoms with Gasteiger partial charge in [-0.05, 0) is 43.1 Å². The van der Waals surface area contributed by atoms with Gasteiger partial charge in [0.1, 0.15) is 0 Å². The first-order valence-corrected chi connectivity index (χ1v) is 6.16. The highest BCUT2D eigenvalue weighted by molar-refractivity contribution is 5.62. The number of nitrogens with two attached hydrogens (primary N) is 1. The van der Waals surface area contributed by atoms with Crippen LogP contribution >= 0.6 is 0 Å². The molecule has 3 rings (SSSR count). The normalized spacial score (nSPS) is 44.4. The molecule has 0 heterocycles. The van der Waals surface area contributed by atoms with E-state index in [9.17, 15) is 8.78 Å². The number of halogens is 2. The Morgan fingerprint density at radius 1 is 1.41 bits per heavy atom. The van der Waals surface area contributed by atoms with Crippen LogP contribution in [0.3, 0.4) is 0 Å². The summed E-state index contributed by atoms with van der Waals surface area (Å²) in [4.78, 5) is 9.00. The molecule has 98 valence electrons. The number of rotatable bonds is 1. The maximum atomic E-state index is 13.4. The molecule has 0 aromatic carbocycles. The Balaban J connectivity index is 0.000000239. The molecule has 3 N–H and O–H groups in total. The minimum atomic E-state index is -2.37. The van der Waals surface area contributed by atoms with Gasteiger partial charge in [0, 0.05) is 19.3 Å². The van der Waals surface area contributed by atoms with Gasteiger partial charge in [-0.3, -0.25) is 4.79 Å². The SMILES string of the molecule is CC(=O)O.NC[C@@H]1[C@@H]2CC(F)(F)[C@@H]3CC[C@H]1C23. The Hall–Kier alpha value is -0.710. The van der Waals surface area contributed by atoms with Gasteiger partial charge in [-0.2, -0.15) is 0 Å². The molecule has 0 aromatic rings. The van der Waals surface area contributed by atoms with Crippen LogP contribution in [0.25, 0.3) is 0 Å². The summed E-state index contributed by atoms with van der Waals surface area (Å²) in [7, 11) is 0. The van der Waals surface area contributed by atoms with Gasteiger partial charge >= 0.3 is 0 Å². The molecule has 3 aliphatic carbocycles. The first-order valence-electron chi connectivity index (χ1n) is 6.16. The van der Waals surface area contributed by atoms with Gasteiger partial charge in [-0.25, -0.2) is 8.78 Å². The zero-order valence-electron chi connectivity index (χ0n) is 9.90. The molecule has 5 heteroatoms. The zero-order chi connectivity index (χ0) is 12.8. The quantitative estimate of drug-likeness (QED) is 0.744. The van der Waals surface area contributed by atoms with E-state index in [4.69, 9.17) is 15.6 Å². The van der Waals surface area contributed by atoms with Gasteiger partial charge in [0.05, 0.1) is 0 Å². The van der Waals surface area contributed by atoms with Crippen molar-refractivity contribution in [3.8, 4) is 0 Å². The summed E-state index contributed by atoms with van der Waals surface area (Å²) in [5.41, 5.74) is 5.62. The molecule has 0 amide bonds. The Morgan fingerprint density at radius 2 is 2.00 bits per heavy atom. The summed E-state index contributed by atoms with van der Waals surface area (Å²) in [5, 5.41) is 7.42. The number of alkyl halides is 2. The predicted molar refractivity (Wildman–Crippen MR) is 58.6 cm³/mol. The van der Waals surface area contributed by atoms with Crippen LogP contribution in [0.4, 0.5) is 8.78 Å². The van der Waals surface area contributed by atoms with Crippen molar-refractivity contribution in [1.82, 2.24) is 0 Å². The van der Waals surface area contributed by atoms with E-state index in [-0.39, 0.29) is 18.3 Å². The second-order valence-corrected chi connectivity index (χ2v) is 5.47. The smallest absolute Gasteiger partial charge is 0.300 e. The minimum absolute atomic E-state index is 0.126. The van der Waals surface area contributed by atoms with Crippen molar-refractivity contribution < 1.29 is 18.7 Å². The summed E-state index contributed by atoms with van der Waals surface area (Å²) >= 11 is 0. The van der Waals surface area contributed by atoms with Crippen LogP contribution in [0.1, 0.15) is 26.2 Å². The lowest BCUT2D eigenvalue weighted by Gasteiger charge is -2.46. The lowest BCUT2D eigenvalue weighted by atomic mass is 9.59. The van der Waals surface area contributed by atoms with Crippen LogP contribution in [0.5, 0.6) is 0 Å². The number of hydrogen-bond acceptors (Lipinski definition) is 2. The standard InChI is InChI=1S/C10H15F2N.C2H4O2/c11-10(12)3-6-7(4-13)5-1-2-8(10)9(5)6;1-2(3)4/h5-9H,1-4,13H2;1H3,(H,3,4)/t5-,6+,7+,8-,9?;/m1./s1. The fourth-order valence-corrected chi connectivity index (χ4v) is 4.22. The fraction of sp³-hybridized carbons (Fsp3) is 0.917. The van der Waals surface area contributed by atoms with Gasteiger partial charge in [0.2, 0.25) is 0 Å². The second kappa shape index (κ2) is 4.19. The van der Waals surface area contributed by atoms with Crippen molar-refractivity contribution in [1.29, 1.82) is 0 Å². The van der Waals surface area contributed by atoms with Gasteiger partial charge in [0.15, 0.2) is 0 Å². The summed E-state index contributed by atoms with van der Waals surface area (Å²) in [5.74, 6) is -1.92. The molecular formula is C12H19F2NO2. The fourth-order valence-electron chi connectivity index (χ4n) is 4.22. The maximum absolute atomic E-state index is 13.4. The summed E-state index contributed by atoms with van der Waals surface area (Å²) < 4.78 is 26.9. The van der Waals surface area contributed by atoms with E-state index in [2.05, 4.69) is 0 Å². The van der Waals surface area contributed by atoms with Crippen LogP contribution in [0.15, 0.2) is 0 Å². The van der Waals surface area contributed by atoms with Gasteiger partial charge in [-0.15, -0.1) is 0 Å². The molecule has 0 aromatic heterocycles. The third-order valence-corrected chi connectivity index (χ3v) is 4.69. The molecule has 0 aliphatic heterocycles. The Morgan fingerprint density at radius 3 is 2.53 bits per heavy atom. The summed E-state index contributed by atoms with van der Waals surface area (Å²) in [6.45, 7) is 1.70. The molecule has 3 saturated carbocycles. The third kappa shape index (κ3) is 1.94. The largest absolute Gasteiger partial charge is 0.481 e. The first-order chi connectivity index (χ1) is 7.88. The van der Waals surface area contributed by atoms with Gasteiger partial charge in [0.25, 0.3) is 11.9 Å². The third-order valence-electron chi connectivity index (χ3n) is 4.69. The number of carbonyl (C=O) groups is 1. The van der Waals surface area contributed by atoms with Crippen LogP contribution < -0.4 is 5.73 Å². The topological polar surface area (TPSA) is 63.3 Å². The Labute approximate surface area is 99.4 Å². The number of carboxylic acid groups (broad SMARTS) is 1. The van der Waals surface area contributed by atoms with Crippen molar-refractivity contribution >= 4 is 5.97 Å². The minimum Gasteiger partial charge on any atom is -0.481 e. The highest BCUT2D eigenvalue weighted by Gasteiger charge is 2.68. The van der Waals surface area contributed by atoms with Crippen molar-refractivity contribution in [3.05, 3.63) is 0 Å². The lowest BCUT2D eigenvalue weighted by Crippen LogP contribution is -2.46. The van der Waals surface area contributed by atoms with E-state index in [0.717, 1.165) is 19.8 Å². The van der Waals surface area contributed by atoms with Crippen LogP contribution in [0, 0.1) is 29.6 Å². The predicted octanol–water partition coefficient (Wildman–Crippen LogP) is 1.96. The average Bonchev–Trinajstić information content (AvgIpc) is 2.63. The van der Waals surface area contributed by atoms with Crippen molar-refractivity contribution in [2.45, 2.75) is 32.1 Å². The van der Waals surface area contributed by atoms with E-state index < -0.39 is 11.9 Å². The number of aliphatic carboxylic acids is 1. The zero-order valence-corrected chi connectivity index (χ0v) is 9.90. The molecule has 5 atom stereocenters. The van der Waals surface area contributed by atoms with E-state index in [1.54, 1.807) is 0 Å². The number of hydrogen-bond donors (Lipinski definition) is 2. The Kier molecular flexibility index (Phi) is 3.14. The molecule has 0 bridgehead atoms. The maximum Gasteiger partial charge on any atom is 0.300 e. The molecule has 3 fully saturated rings. The number of carboxylic acids is 1. The molecule has 0 saturated heterocycles. The van der Waals surface area contributed by atoms with Crippen molar-refractivity contribution in [2.75, 3.05) is 6.54 Å². The second-order valence-electron chi connectivity index (χ2n) is 5.47. The highest BCUT2D eigenvalue weighted by atomic mass is 19.3. The molecule has 3 nitrogen and oxygen atoms in total. The molecule has 17 heavy (non-hydrogen) atoms. The molecule has 0 spiro atoms. The summed E-state index contributed by atoms with van der Waals surface area (Å²) in [6.07, 6.45) is 1.87. The van der Waals surface area contributed by atoms with Gasteiger partial charge < -0.3 is 10.8 Å². The van der Waals surface area contributed by atoms with Crippen LogP contribution in [-0.2, 0) is 4.79 Å². The summed E-state index contributed by atoms with van der Waals surface area (Å²) in [6, 6.07) is 0. The molecule has 0 radical (unpaired) electrons.